The van der Waals surface area contributed by atoms with E-state index in [-0.39, 0.29) is 6.04 Å². The molecule has 0 aromatic rings. The maximum atomic E-state index is 11.6. The molecule has 0 aromatic heterocycles. The van der Waals surface area contributed by atoms with E-state index in [9.17, 15) is 14.4 Å². The molecule has 0 aliphatic carbocycles. The van der Waals surface area contributed by atoms with Crippen molar-refractivity contribution < 1.29 is 24.2 Å². The van der Waals surface area contributed by atoms with Gasteiger partial charge in [-0.2, -0.15) is 0 Å². The predicted octanol–water partition coefficient (Wildman–Crippen LogP) is 0.881. The Balaban J connectivity index is 4.24. The zero-order chi connectivity index (χ0) is 14.8. The topological polar surface area (TPSA) is 105 Å². The molecular formula is C12H22N2O5. The normalized spacial score (nSPS) is 13.2. The van der Waals surface area contributed by atoms with Gasteiger partial charge in [0, 0.05) is 6.04 Å². The summed E-state index contributed by atoms with van der Waals surface area (Å²) in [5, 5.41) is 13.8. The van der Waals surface area contributed by atoms with Crippen LogP contribution >= 0.6 is 0 Å². The van der Waals surface area contributed by atoms with Gasteiger partial charge in [-0.1, -0.05) is 19.8 Å². The Labute approximate surface area is 112 Å². The third-order valence-corrected chi connectivity index (χ3v) is 2.57. The number of hydrogen-bond donors (Lipinski definition) is 3. The molecular weight excluding hydrogens is 252 g/mol. The molecule has 0 radical (unpaired) electrons. The van der Waals surface area contributed by atoms with E-state index in [2.05, 4.69) is 15.4 Å². The maximum absolute atomic E-state index is 11.6. The summed E-state index contributed by atoms with van der Waals surface area (Å²) in [5.74, 6) is -1.96. The molecule has 0 aromatic carbocycles. The Hall–Kier alpha value is -1.79. The smallest absolute Gasteiger partial charge is 0.326 e. The Morgan fingerprint density at radius 2 is 1.89 bits per heavy atom. The summed E-state index contributed by atoms with van der Waals surface area (Å²) < 4.78 is 4.37. The molecule has 3 N–H and O–H groups in total. The lowest BCUT2D eigenvalue weighted by molar-refractivity contribution is -0.147. The minimum Gasteiger partial charge on any atom is -0.480 e. The molecule has 19 heavy (non-hydrogen) atoms. The summed E-state index contributed by atoms with van der Waals surface area (Å²) in [6.07, 6.45) is 2.42. The Morgan fingerprint density at radius 1 is 1.26 bits per heavy atom. The van der Waals surface area contributed by atoms with Gasteiger partial charge in [0.15, 0.2) is 0 Å². The van der Waals surface area contributed by atoms with Crippen molar-refractivity contribution in [1.82, 2.24) is 10.6 Å². The summed E-state index contributed by atoms with van der Waals surface area (Å²) in [4.78, 5) is 33.5. The van der Waals surface area contributed by atoms with Crippen molar-refractivity contribution in [2.45, 2.75) is 51.6 Å². The summed E-state index contributed by atoms with van der Waals surface area (Å²) >= 11 is 0. The average molecular weight is 274 g/mol. The van der Waals surface area contributed by atoms with Crippen LogP contribution in [0.15, 0.2) is 0 Å². The fourth-order valence-corrected chi connectivity index (χ4v) is 1.46. The van der Waals surface area contributed by atoms with E-state index in [4.69, 9.17) is 5.11 Å². The number of unbranched alkanes of at least 4 members (excludes halogenated alkanes) is 1. The zero-order valence-corrected chi connectivity index (χ0v) is 11.6. The van der Waals surface area contributed by atoms with Gasteiger partial charge in [0.25, 0.3) is 0 Å². The van der Waals surface area contributed by atoms with Gasteiger partial charge in [-0.25, -0.2) is 9.59 Å². The van der Waals surface area contributed by atoms with E-state index >= 15 is 0 Å². The number of rotatable bonds is 8. The SMILES string of the molecule is CCCCC(C)NC(=O)N[C@@H](CC(=O)OC)C(=O)O. The van der Waals surface area contributed by atoms with Crippen LogP contribution in [0, 0.1) is 0 Å². The highest BCUT2D eigenvalue weighted by molar-refractivity contribution is 5.86. The van der Waals surface area contributed by atoms with Crippen LogP contribution in [-0.4, -0.2) is 42.3 Å². The van der Waals surface area contributed by atoms with Gasteiger partial charge in [-0.05, 0) is 13.3 Å². The zero-order valence-electron chi connectivity index (χ0n) is 11.6. The van der Waals surface area contributed by atoms with Gasteiger partial charge in [-0.15, -0.1) is 0 Å². The number of carbonyl (C=O) groups excluding carboxylic acids is 2. The Bertz CT molecular complexity index is 319. The van der Waals surface area contributed by atoms with Gasteiger partial charge in [0.05, 0.1) is 13.5 Å². The standard InChI is InChI=1S/C12H22N2O5/c1-4-5-6-8(2)13-12(18)14-9(11(16)17)7-10(15)19-3/h8-9H,4-7H2,1-3H3,(H,16,17)(H2,13,14,18)/t8?,9-/m0/s1. The van der Waals surface area contributed by atoms with E-state index in [0.717, 1.165) is 26.4 Å². The molecule has 2 amide bonds. The highest BCUT2D eigenvalue weighted by atomic mass is 16.5. The molecule has 0 heterocycles. The van der Waals surface area contributed by atoms with E-state index in [1.807, 2.05) is 13.8 Å². The van der Waals surface area contributed by atoms with Crippen molar-refractivity contribution >= 4 is 18.0 Å². The van der Waals surface area contributed by atoms with Gasteiger partial charge in [0.1, 0.15) is 6.04 Å². The van der Waals surface area contributed by atoms with Crippen LogP contribution in [0.25, 0.3) is 0 Å². The minimum absolute atomic E-state index is 0.0486. The maximum Gasteiger partial charge on any atom is 0.326 e. The Kier molecular flexibility index (Phi) is 8.32. The van der Waals surface area contributed by atoms with Crippen molar-refractivity contribution in [3.05, 3.63) is 0 Å². The van der Waals surface area contributed by atoms with E-state index in [1.54, 1.807) is 0 Å². The number of ether oxygens (including phenoxy) is 1. The number of esters is 1. The van der Waals surface area contributed by atoms with Crippen LogP contribution < -0.4 is 10.6 Å². The average Bonchev–Trinajstić information content (AvgIpc) is 2.34. The van der Waals surface area contributed by atoms with Crippen LogP contribution in [0.5, 0.6) is 0 Å². The van der Waals surface area contributed by atoms with E-state index in [1.165, 1.54) is 0 Å². The number of carboxylic acid groups (broad SMARTS) is 1. The number of hydrogen-bond acceptors (Lipinski definition) is 4. The molecule has 0 fully saturated rings. The third-order valence-electron chi connectivity index (χ3n) is 2.57. The molecule has 0 spiro atoms. The van der Waals surface area contributed by atoms with Gasteiger partial charge in [-0.3, -0.25) is 4.79 Å². The van der Waals surface area contributed by atoms with E-state index in [0.29, 0.717) is 0 Å². The monoisotopic (exact) mass is 274 g/mol. The molecule has 0 saturated heterocycles. The fourth-order valence-electron chi connectivity index (χ4n) is 1.46. The second kappa shape index (κ2) is 9.18. The van der Waals surface area contributed by atoms with Gasteiger partial charge < -0.3 is 20.5 Å². The quantitative estimate of drug-likeness (QED) is 0.570. The first kappa shape index (κ1) is 17.2. The lowest BCUT2D eigenvalue weighted by atomic mass is 10.1. The molecule has 0 rings (SSSR count). The van der Waals surface area contributed by atoms with Gasteiger partial charge in [0.2, 0.25) is 0 Å². The second-order valence-electron chi connectivity index (χ2n) is 4.33. The van der Waals surface area contributed by atoms with Crippen LogP contribution in [-0.2, 0) is 14.3 Å². The molecule has 0 saturated carbocycles. The molecule has 0 bridgehead atoms. The lowest BCUT2D eigenvalue weighted by Gasteiger charge is -2.17. The van der Waals surface area contributed by atoms with Crippen LogP contribution in [0.3, 0.4) is 0 Å². The Morgan fingerprint density at radius 3 is 2.37 bits per heavy atom. The van der Waals surface area contributed by atoms with Gasteiger partial charge >= 0.3 is 18.0 Å². The van der Waals surface area contributed by atoms with Crippen LogP contribution in [0.4, 0.5) is 4.79 Å². The summed E-state index contributed by atoms with van der Waals surface area (Å²) in [6.45, 7) is 3.88. The first-order valence-corrected chi connectivity index (χ1v) is 6.27. The highest BCUT2D eigenvalue weighted by Crippen LogP contribution is 2.00. The number of carboxylic acids is 1. The fraction of sp³-hybridized carbons (Fsp3) is 0.750. The molecule has 7 heteroatoms. The number of aliphatic carboxylic acids is 1. The number of urea groups is 1. The van der Waals surface area contributed by atoms with Crippen molar-refractivity contribution in [1.29, 1.82) is 0 Å². The molecule has 1 unspecified atom stereocenters. The lowest BCUT2D eigenvalue weighted by Crippen LogP contribution is -2.49. The third kappa shape index (κ3) is 8.01. The second-order valence-corrected chi connectivity index (χ2v) is 4.33. The molecule has 2 atom stereocenters. The molecule has 110 valence electrons. The summed E-state index contributed by atoms with van der Waals surface area (Å²) in [7, 11) is 1.16. The number of nitrogens with one attached hydrogen (secondary N) is 2. The van der Waals surface area contributed by atoms with Crippen molar-refractivity contribution in [2.24, 2.45) is 0 Å². The first-order valence-electron chi connectivity index (χ1n) is 6.27. The predicted molar refractivity (Wildman–Crippen MR) is 68.7 cm³/mol. The number of carbonyl (C=O) groups is 3. The summed E-state index contributed by atoms with van der Waals surface area (Å²) in [5.41, 5.74) is 0. The molecule has 0 aliphatic heterocycles. The minimum atomic E-state index is -1.29. The van der Waals surface area contributed by atoms with E-state index < -0.39 is 30.4 Å². The van der Waals surface area contributed by atoms with Crippen molar-refractivity contribution in [2.75, 3.05) is 7.11 Å². The summed E-state index contributed by atoms with van der Waals surface area (Å²) in [6, 6.07) is -1.93. The molecule has 0 aliphatic rings. The van der Waals surface area contributed by atoms with Crippen LogP contribution in [0.1, 0.15) is 39.5 Å². The first-order chi connectivity index (χ1) is 8.90. The number of amides is 2. The van der Waals surface area contributed by atoms with Crippen LogP contribution in [0.2, 0.25) is 0 Å². The highest BCUT2D eigenvalue weighted by Gasteiger charge is 2.24. The number of methoxy groups -OCH3 is 1. The molecule has 7 nitrogen and oxygen atoms in total. The largest absolute Gasteiger partial charge is 0.480 e. The van der Waals surface area contributed by atoms with Crippen molar-refractivity contribution in [3.63, 3.8) is 0 Å². The van der Waals surface area contributed by atoms with Crippen molar-refractivity contribution in [3.8, 4) is 0 Å².